The zero-order valence-corrected chi connectivity index (χ0v) is 11.4. The third kappa shape index (κ3) is 2.67. The number of anilines is 1. The number of rotatable bonds is 3. The van der Waals surface area contributed by atoms with Crippen LogP contribution in [0.1, 0.15) is 15.9 Å². The van der Waals surface area contributed by atoms with Crippen molar-refractivity contribution >= 4 is 11.5 Å². The van der Waals surface area contributed by atoms with Crippen molar-refractivity contribution in [2.75, 3.05) is 5.73 Å². The second-order valence-electron chi connectivity index (χ2n) is 4.74. The summed E-state index contributed by atoms with van der Waals surface area (Å²) >= 11 is 0. The molecule has 0 bridgehead atoms. The lowest BCUT2D eigenvalue weighted by Crippen LogP contribution is -2.05. The van der Waals surface area contributed by atoms with E-state index in [0.29, 0.717) is 16.8 Å². The minimum atomic E-state index is -0.0705. The van der Waals surface area contributed by atoms with Gasteiger partial charge in [0.2, 0.25) is 0 Å². The van der Waals surface area contributed by atoms with E-state index < -0.39 is 0 Å². The molecule has 3 rings (SSSR count). The van der Waals surface area contributed by atoms with Crippen LogP contribution >= 0.6 is 0 Å². The van der Waals surface area contributed by atoms with E-state index in [4.69, 9.17) is 5.73 Å². The number of carbonyl (C=O) groups excluding carboxylic acids is 1. The Balaban J connectivity index is 2.05. The Morgan fingerprint density at radius 2 is 1.71 bits per heavy atom. The average Bonchev–Trinajstić information content (AvgIpc) is 2.56. The molecule has 0 amide bonds. The number of benzene rings is 2. The van der Waals surface area contributed by atoms with Gasteiger partial charge >= 0.3 is 0 Å². The molecule has 0 aliphatic heterocycles. The minimum absolute atomic E-state index is 0.0705. The van der Waals surface area contributed by atoms with Crippen molar-refractivity contribution in [3.05, 3.63) is 84.2 Å². The molecular formula is C18H14N2O. The van der Waals surface area contributed by atoms with Gasteiger partial charge in [0.05, 0.1) is 0 Å². The van der Waals surface area contributed by atoms with Gasteiger partial charge in [-0.05, 0) is 23.8 Å². The van der Waals surface area contributed by atoms with E-state index in [-0.39, 0.29) is 5.78 Å². The largest absolute Gasteiger partial charge is 0.398 e. The Hall–Kier alpha value is -2.94. The van der Waals surface area contributed by atoms with Gasteiger partial charge in [-0.25, -0.2) is 0 Å². The van der Waals surface area contributed by atoms with Gasteiger partial charge in [-0.1, -0.05) is 42.5 Å². The molecule has 0 saturated carbocycles. The first kappa shape index (κ1) is 13.1. The van der Waals surface area contributed by atoms with Crippen molar-refractivity contribution in [3.63, 3.8) is 0 Å². The first-order valence-corrected chi connectivity index (χ1v) is 6.65. The van der Waals surface area contributed by atoms with Gasteiger partial charge in [0.25, 0.3) is 0 Å². The van der Waals surface area contributed by atoms with Gasteiger partial charge in [-0.2, -0.15) is 0 Å². The summed E-state index contributed by atoms with van der Waals surface area (Å²) in [5.74, 6) is -0.0705. The lowest BCUT2D eigenvalue weighted by atomic mass is 9.97. The number of carbonyl (C=O) groups is 1. The van der Waals surface area contributed by atoms with Crippen LogP contribution in [0.25, 0.3) is 11.1 Å². The summed E-state index contributed by atoms with van der Waals surface area (Å²) < 4.78 is 0. The second kappa shape index (κ2) is 5.59. The standard InChI is InChI=1S/C18H14N2O/c19-17-9-8-14(15-7-4-10-20-12-15)11-16(17)18(21)13-5-2-1-3-6-13/h1-12H,19H2. The molecule has 2 N–H and O–H groups in total. The molecule has 0 radical (unpaired) electrons. The topological polar surface area (TPSA) is 56.0 Å². The van der Waals surface area contributed by atoms with E-state index >= 15 is 0 Å². The number of ketones is 1. The maximum atomic E-state index is 12.6. The number of aromatic nitrogens is 1. The van der Waals surface area contributed by atoms with Gasteiger partial charge in [0.15, 0.2) is 5.78 Å². The Morgan fingerprint density at radius 3 is 2.43 bits per heavy atom. The monoisotopic (exact) mass is 274 g/mol. The molecular weight excluding hydrogens is 260 g/mol. The Bertz CT molecular complexity index is 768. The molecule has 0 unspecified atom stereocenters. The Morgan fingerprint density at radius 1 is 0.905 bits per heavy atom. The number of nitrogens with zero attached hydrogens (tertiary/aromatic N) is 1. The van der Waals surface area contributed by atoms with Crippen LogP contribution in [0, 0.1) is 0 Å². The van der Waals surface area contributed by atoms with Crippen LogP contribution in [0.2, 0.25) is 0 Å². The Labute approximate surface area is 123 Å². The van der Waals surface area contributed by atoms with Crippen LogP contribution in [0.5, 0.6) is 0 Å². The molecule has 1 heterocycles. The highest BCUT2D eigenvalue weighted by Crippen LogP contribution is 2.25. The van der Waals surface area contributed by atoms with Crippen molar-refractivity contribution in [1.82, 2.24) is 4.98 Å². The lowest BCUT2D eigenvalue weighted by Gasteiger charge is -2.08. The average molecular weight is 274 g/mol. The summed E-state index contributed by atoms with van der Waals surface area (Å²) in [5.41, 5.74) is 9.49. The minimum Gasteiger partial charge on any atom is -0.398 e. The first-order valence-electron chi connectivity index (χ1n) is 6.65. The fraction of sp³-hybridized carbons (Fsp3) is 0. The molecule has 0 fully saturated rings. The molecule has 0 saturated heterocycles. The van der Waals surface area contributed by atoms with E-state index in [9.17, 15) is 4.79 Å². The molecule has 21 heavy (non-hydrogen) atoms. The maximum absolute atomic E-state index is 12.6. The number of nitrogens with two attached hydrogens (primary N) is 1. The van der Waals surface area contributed by atoms with Crippen LogP contribution in [-0.2, 0) is 0 Å². The molecule has 0 aliphatic carbocycles. The van der Waals surface area contributed by atoms with Crippen LogP contribution in [0.3, 0.4) is 0 Å². The predicted octanol–water partition coefficient (Wildman–Crippen LogP) is 3.56. The zero-order chi connectivity index (χ0) is 14.7. The first-order chi connectivity index (χ1) is 10.3. The summed E-state index contributed by atoms with van der Waals surface area (Å²) in [5, 5.41) is 0. The predicted molar refractivity (Wildman–Crippen MR) is 84.0 cm³/mol. The molecule has 2 aromatic carbocycles. The van der Waals surface area contributed by atoms with E-state index in [1.807, 2.05) is 42.5 Å². The normalized spacial score (nSPS) is 10.3. The van der Waals surface area contributed by atoms with E-state index in [1.165, 1.54) is 0 Å². The summed E-state index contributed by atoms with van der Waals surface area (Å²) in [6.45, 7) is 0. The smallest absolute Gasteiger partial charge is 0.195 e. The van der Waals surface area contributed by atoms with Gasteiger partial charge < -0.3 is 5.73 Å². The van der Waals surface area contributed by atoms with Gasteiger partial charge in [0.1, 0.15) is 0 Å². The van der Waals surface area contributed by atoms with Gasteiger partial charge in [-0.15, -0.1) is 0 Å². The highest BCUT2D eigenvalue weighted by atomic mass is 16.1. The highest BCUT2D eigenvalue weighted by molar-refractivity contribution is 6.12. The van der Waals surface area contributed by atoms with E-state index in [1.54, 1.807) is 30.6 Å². The van der Waals surface area contributed by atoms with Gasteiger partial charge in [0, 0.05) is 34.8 Å². The third-order valence-corrected chi connectivity index (χ3v) is 3.33. The Kier molecular flexibility index (Phi) is 3.48. The SMILES string of the molecule is Nc1ccc(-c2cccnc2)cc1C(=O)c1ccccc1. The van der Waals surface area contributed by atoms with Crippen molar-refractivity contribution in [1.29, 1.82) is 0 Å². The lowest BCUT2D eigenvalue weighted by molar-refractivity contribution is 0.103. The van der Waals surface area contributed by atoms with Crippen LogP contribution in [0.15, 0.2) is 73.1 Å². The van der Waals surface area contributed by atoms with Crippen molar-refractivity contribution in [2.24, 2.45) is 0 Å². The maximum Gasteiger partial charge on any atom is 0.195 e. The molecule has 3 nitrogen and oxygen atoms in total. The second-order valence-corrected chi connectivity index (χ2v) is 4.74. The number of hydrogen-bond donors (Lipinski definition) is 1. The van der Waals surface area contributed by atoms with Crippen LogP contribution < -0.4 is 5.73 Å². The number of hydrogen-bond acceptors (Lipinski definition) is 3. The van der Waals surface area contributed by atoms with E-state index in [0.717, 1.165) is 11.1 Å². The molecule has 0 atom stereocenters. The van der Waals surface area contributed by atoms with E-state index in [2.05, 4.69) is 4.98 Å². The number of pyridine rings is 1. The van der Waals surface area contributed by atoms with Gasteiger partial charge in [-0.3, -0.25) is 9.78 Å². The fourth-order valence-electron chi connectivity index (χ4n) is 2.21. The van der Waals surface area contributed by atoms with Crippen molar-refractivity contribution in [2.45, 2.75) is 0 Å². The summed E-state index contributed by atoms with van der Waals surface area (Å²) in [6.07, 6.45) is 3.49. The highest BCUT2D eigenvalue weighted by Gasteiger charge is 2.13. The molecule has 102 valence electrons. The molecule has 3 heteroatoms. The van der Waals surface area contributed by atoms with Crippen LogP contribution in [-0.4, -0.2) is 10.8 Å². The molecule has 3 aromatic rings. The molecule has 0 spiro atoms. The fourth-order valence-corrected chi connectivity index (χ4v) is 2.21. The van der Waals surface area contributed by atoms with Crippen molar-refractivity contribution < 1.29 is 4.79 Å². The molecule has 1 aromatic heterocycles. The number of nitrogen functional groups attached to an aromatic ring is 1. The summed E-state index contributed by atoms with van der Waals surface area (Å²) in [7, 11) is 0. The summed E-state index contributed by atoms with van der Waals surface area (Å²) in [6, 6.07) is 18.4. The quantitative estimate of drug-likeness (QED) is 0.587. The zero-order valence-electron chi connectivity index (χ0n) is 11.4. The van der Waals surface area contributed by atoms with Crippen LogP contribution in [0.4, 0.5) is 5.69 Å². The third-order valence-electron chi connectivity index (χ3n) is 3.33. The summed E-state index contributed by atoms with van der Waals surface area (Å²) in [4.78, 5) is 16.7. The van der Waals surface area contributed by atoms with Crippen molar-refractivity contribution in [3.8, 4) is 11.1 Å². The molecule has 0 aliphatic rings.